The lowest BCUT2D eigenvalue weighted by atomic mass is 10.1. The summed E-state index contributed by atoms with van der Waals surface area (Å²) in [5.41, 5.74) is 1.49. The molecule has 1 aliphatic rings. The fourth-order valence-electron chi connectivity index (χ4n) is 3.46. The number of carbonyl (C=O) groups is 1. The minimum Gasteiger partial charge on any atom is -0.467 e. The summed E-state index contributed by atoms with van der Waals surface area (Å²) < 4.78 is 12.8. The number of amides is 1. The maximum absolute atomic E-state index is 13.3. The fourth-order valence-corrected chi connectivity index (χ4v) is 3.46. The van der Waals surface area contributed by atoms with Crippen molar-refractivity contribution in [1.82, 2.24) is 14.7 Å². The van der Waals surface area contributed by atoms with Crippen LogP contribution in [0.2, 0.25) is 0 Å². The Bertz CT molecular complexity index is 678. The van der Waals surface area contributed by atoms with E-state index in [4.69, 9.17) is 9.15 Å². The van der Waals surface area contributed by atoms with Crippen molar-refractivity contribution in [2.24, 2.45) is 0 Å². The fraction of sp³-hybridized carbons (Fsp3) is 0.579. The third-order valence-corrected chi connectivity index (χ3v) is 4.66. The lowest BCUT2D eigenvalue weighted by molar-refractivity contribution is 0.0641. The number of carbonyl (C=O) groups excluding carboxylic acids is 1. The topological polar surface area (TPSA) is 60.5 Å². The minimum atomic E-state index is 0.000507. The normalized spacial score (nSPS) is 18.3. The number of nitrogens with zero attached hydrogens (tertiary/aromatic N) is 3. The maximum atomic E-state index is 13.3. The van der Waals surface area contributed by atoms with E-state index in [1.807, 2.05) is 36.9 Å². The lowest BCUT2D eigenvalue weighted by Gasteiger charge is -2.28. The predicted molar refractivity (Wildman–Crippen MR) is 94.4 cm³/mol. The first-order chi connectivity index (χ1) is 12.2. The van der Waals surface area contributed by atoms with Gasteiger partial charge in [0.25, 0.3) is 5.91 Å². The van der Waals surface area contributed by atoms with Crippen LogP contribution in [-0.4, -0.2) is 40.3 Å². The van der Waals surface area contributed by atoms with Gasteiger partial charge in [0.05, 0.1) is 31.2 Å². The van der Waals surface area contributed by atoms with Crippen molar-refractivity contribution in [3.63, 3.8) is 0 Å². The van der Waals surface area contributed by atoms with Gasteiger partial charge < -0.3 is 14.1 Å². The second-order valence-corrected chi connectivity index (χ2v) is 6.47. The molecular weight excluding hydrogens is 318 g/mol. The van der Waals surface area contributed by atoms with Crippen molar-refractivity contribution < 1.29 is 13.9 Å². The van der Waals surface area contributed by atoms with Crippen molar-refractivity contribution in [2.45, 2.75) is 52.1 Å². The zero-order chi connectivity index (χ0) is 17.6. The van der Waals surface area contributed by atoms with Crippen LogP contribution in [0.25, 0.3) is 0 Å². The van der Waals surface area contributed by atoms with Crippen molar-refractivity contribution in [1.29, 1.82) is 0 Å². The van der Waals surface area contributed by atoms with Crippen molar-refractivity contribution in [3.8, 4) is 0 Å². The predicted octanol–water partition coefficient (Wildman–Crippen LogP) is 3.58. The van der Waals surface area contributed by atoms with Gasteiger partial charge in [0.15, 0.2) is 0 Å². The molecule has 2 aromatic heterocycles. The van der Waals surface area contributed by atoms with Crippen LogP contribution in [-0.2, 0) is 11.3 Å². The maximum Gasteiger partial charge on any atom is 0.272 e. The van der Waals surface area contributed by atoms with E-state index in [0.717, 1.165) is 43.7 Å². The SMILES string of the molecule is CCOCCn1nc(C)cc1C(=O)N1CCCCC[C@H]1c1ccco1. The Hall–Kier alpha value is -2.08. The van der Waals surface area contributed by atoms with Gasteiger partial charge in [-0.05, 0) is 44.9 Å². The monoisotopic (exact) mass is 345 g/mol. The van der Waals surface area contributed by atoms with Gasteiger partial charge in [-0.25, -0.2) is 0 Å². The zero-order valence-electron chi connectivity index (χ0n) is 15.1. The van der Waals surface area contributed by atoms with Gasteiger partial charge in [0.2, 0.25) is 0 Å². The van der Waals surface area contributed by atoms with E-state index in [-0.39, 0.29) is 11.9 Å². The molecule has 0 saturated carbocycles. The average molecular weight is 345 g/mol. The first kappa shape index (κ1) is 17.7. The van der Waals surface area contributed by atoms with Gasteiger partial charge in [-0.1, -0.05) is 12.8 Å². The summed E-state index contributed by atoms with van der Waals surface area (Å²) in [5.74, 6) is 0.896. The molecule has 3 heterocycles. The molecule has 0 bridgehead atoms. The van der Waals surface area contributed by atoms with Crippen LogP contribution in [0.4, 0.5) is 0 Å². The number of furan rings is 1. The number of likely N-dealkylation sites (tertiary alicyclic amines) is 1. The molecule has 0 aliphatic carbocycles. The van der Waals surface area contributed by atoms with Crippen LogP contribution >= 0.6 is 0 Å². The molecular formula is C19H27N3O3. The molecule has 2 aromatic rings. The first-order valence-corrected chi connectivity index (χ1v) is 9.17. The molecule has 1 fully saturated rings. The Labute approximate surface area is 148 Å². The highest BCUT2D eigenvalue weighted by molar-refractivity contribution is 5.93. The second kappa shape index (κ2) is 8.34. The smallest absolute Gasteiger partial charge is 0.272 e. The zero-order valence-corrected chi connectivity index (χ0v) is 15.1. The Morgan fingerprint density at radius 2 is 2.28 bits per heavy atom. The van der Waals surface area contributed by atoms with Gasteiger partial charge in [0, 0.05) is 13.2 Å². The van der Waals surface area contributed by atoms with E-state index in [1.165, 1.54) is 0 Å². The number of ether oxygens (including phenoxy) is 1. The second-order valence-electron chi connectivity index (χ2n) is 6.47. The van der Waals surface area contributed by atoms with Crippen molar-refractivity contribution >= 4 is 5.91 Å². The van der Waals surface area contributed by atoms with Gasteiger partial charge in [-0.15, -0.1) is 0 Å². The van der Waals surface area contributed by atoms with Crippen LogP contribution in [0.15, 0.2) is 28.9 Å². The number of aromatic nitrogens is 2. The molecule has 0 N–H and O–H groups in total. The molecule has 3 rings (SSSR count). The summed E-state index contributed by atoms with van der Waals surface area (Å²) in [6.07, 6.45) is 5.89. The highest BCUT2D eigenvalue weighted by Gasteiger charge is 2.31. The summed E-state index contributed by atoms with van der Waals surface area (Å²) in [6.45, 7) is 6.43. The van der Waals surface area contributed by atoms with E-state index >= 15 is 0 Å². The molecule has 0 aromatic carbocycles. The van der Waals surface area contributed by atoms with Gasteiger partial charge in [0.1, 0.15) is 11.5 Å². The highest BCUT2D eigenvalue weighted by Crippen LogP contribution is 2.31. The third kappa shape index (κ3) is 4.12. The molecule has 25 heavy (non-hydrogen) atoms. The standard InChI is InChI=1S/C19H27N3O3/c1-3-24-13-11-22-17(14-15(2)20-22)19(23)21-10-6-4-5-8-16(21)18-9-7-12-25-18/h7,9,12,14,16H,3-6,8,10-11,13H2,1-2H3/t16-/m0/s1. The van der Waals surface area contributed by atoms with Crippen LogP contribution in [0.3, 0.4) is 0 Å². The number of rotatable bonds is 6. The van der Waals surface area contributed by atoms with E-state index < -0.39 is 0 Å². The number of hydrogen-bond donors (Lipinski definition) is 0. The molecule has 1 saturated heterocycles. The molecule has 0 spiro atoms. The molecule has 6 heteroatoms. The Morgan fingerprint density at radius 3 is 3.04 bits per heavy atom. The lowest BCUT2D eigenvalue weighted by Crippen LogP contribution is -2.36. The number of aryl methyl sites for hydroxylation is 1. The van der Waals surface area contributed by atoms with Crippen molar-refractivity contribution in [3.05, 3.63) is 41.6 Å². The van der Waals surface area contributed by atoms with Gasteiger partial charge >= 0.3 is 0 Å². The molecule has 0 radical (unpaired) electrons. The molecule has 1 atom stereocenters. The first-order valence-electron chi connectivity index (χ1n) is 9.17. The Morgan fingerprint density at radius 1 is 1.40 bits per heavy atom. The highest BCUT2D eigenvalue weighted by atomic mass is 16.5. The minimum absolute atomic E-state index is 0.000507. The molecule has 1 amide bonds. The Kier molecular flexibility index (Phi) is 5.91. The van der Waals surface area contributed by atoms with Crippen LogP contribution in [0, 0.1) is 6.92 Å². The van der Waals surface area contributed by atoms with Crippen molar-refractivity contribution in [2.75, 3.05) is 19.8 Å². The number of hydrogen-bond acceptors (Lipinski definition) is 4. The summed E-state index contributed by atoms with van der Waals surface area (Å²) >= 11 is 0. The average Bonchev–Trinajstić information content (AvgIpc) is 3.19. The van der Waals surface area contributed by atoms with E-state index in [1.54, 1.807) is 10.9 Å². The van der Waals surface area contributed by atoms with Crippen LogP contribution in [0.1, 0.15) is 60.6 Å². The summed E-state index contributed by atoms with van der Waals surface area (Å²) in [4.78, 5) is 15.3. The molecule has 0 unspecified atom stereocenters. The van der Waals surface area contributed by atoms with Crippen LogP contribution in [0.5, 0.6) is 0 Å². The third-order valence-electron chi connectivity index (χ3n) is 4.66. The summed E-state index contributed by atoms with van der Waals surface area (Å²) in [7, 11) is 0. The molecule has 1 aliphatic heterocycles. The van der Waals surface area contributed by atoms with E-state index in [0.29, 0.717) is 25.5 Å². The van der Waals surface area contributed by atoms with E-state index in [2.05, 4.69) is 5.10 Å². The summed E-state index contributed by atoms with van der Waals surface area (Å²) in [6, 6.07) is 5.73. The van der Waals surface area contributed by atoms with E-state index in [9.17, 15) is 4.79 Å². The molecule has 136 valence electrons. The van der Waals surface area contributed by atoms with Gasteiger partial charge in [-0.3, -0.25) is 9.48 Å². The van der Waals surface area contributed by atoms with Gasteiger partial charge in [-0.2, -0.15) is 5.10 Å². The largest absolute Gasteiger partial charge is 0.467 e. The molecule has 6 nitrogen and oxygen atoms in total. The Balaban J connectivity index is 1.84. The summed E-state index contributed by atoms with van der Waals surface area (Å²) in [5, 5.41) is 4.48. The van der Waals surface area contributed by atoms with Crippen LogP contribution < -0.4 is 0 Å². The quantitative estimate of drug-likeness (QED) is 0.751.